The molecule has 30 heavy (non-hydrogen) atoms. The summed E-state index contributed by atoms with van der Waals surface area (Å²) in [7, 11) is 3.08. The maximum absolute atomic E-state index is 12.8. The fourth-order valence-electron chi connectivity index (χ4n) is 3.18. The molecular weight excluding hydrogens is 402 g/mol. The molecule has 0 fully saturated rings. The average molecular weight is 422 g/mol. The van der Waals surface area contributed by atoms with Gasteiger partial charge in [-0.2, -0.15) is 0 Å². The fraction of sp³-hybridized carbons (Fsp3) is 0.130. The van der Waals surface area contributed by atoms with Crippen LogP contribution in [-0.2, 0) is 0 Å². The summed E-state index contributed by atoms with van der Waals surface area (Å²) >= 11 is 6.42. The van der Waals surface area contributed by atoms with E-state index in [1.807, 2.05) is 25.1 Å². The Balaban J connectivity index is 1.65. The van der Waals surface area contributed by atoms with Gasteiger partial charge in [-0.3, -0.25) is 4.79 Å². The Kier molecular flexibility index (Phi) is 5.33. The highest BCUT2D eigenvalue weighted by molar-refractivity contribution is 6.33. The molecule has 0 aliphatic heterocycles. The smallest absolute Gasteiger partial charge is 0.255 e. The molecule has 6 nitrogen and oxygen atoms in total. The number of hydrogen-bond acceptors (Lipinski definition) is 4. The molecule has 152 valence electrons. The number of imidazole rings is 1. The van der Waals surface area contributed by atoms with Gasteiger partial charge in [0.15, 0.2) is 0 Å². The second-order valence-corrected chi connectivity index (χ2v) is 7.26. The van der Waals surface area contributed by atoms with Gasteiger partial charge in [0.25, 0.3) is 5.91 Å². The highest BCUT2D eigenvalue weighted by atomic mass is 35.5. The van der Waals surface area contributed by atoms with Gasteiger partial charge in [-0.05, 0) is 55.0 Å². The molecule has 0 atom stereocenters. The minimum atomic E-state index is -0.291. The Morgan fingerprint density at radius 1 is 1.00 bits per heavy atom. The first-order valence-electron chi connectivity index (χ1n) is 9.27. The van der Waals surface area contributed by atoms with Gasteiger partial charge in [0, 0.05) is 22.9 Å². The molecule has 7 heteroatoms. The number of hydrogen-bond donors (Lipinski definition) is 2. The highest BCUT2D eigenvalue weighted by Crippen LogP contribution is 2.31. The Bertz CT molecular complexity index is 1230. The maximum Gasteiger partial charge on any atom is 0.255 e. The Morgan fingerprint density at radius 2 is 1.73 bits per heavy atom. The number of anilines is 1. The summed E-state index contributed by atoms with van der Waals surface area (Å²) < 4.78 is 10.5. The largest absolute Gasteiger partial charge is 0.497 e. The molecule has 1 heterocycles. The number of ether oxygens (including phenoxy) is 2. The lowest BCUT2D eigenvalue weighted by Gasteiger charge is -2.10. The van der Waals surface area contributed by atoms with E-state index in [1.54, 1.807) is 36.4 Å². The first-order chi connectivity index (χ1) is 14.5. The number of nitrogens with zero attached hydrogens (tertiary/aromatic N) is 1. The topological polar surface area (TPSA) is 76.2 Å². The van der Waals surface area contributed by atoms with Crippen molar-refractivity contribution < 1.29 is 14.3 Å². The summed E-state index contributed by atoms with van der Waals surface area (Å²) in [5.41, 5.74) is 4.63. The van der Waals surface area contributed by atoms with Gasteiger partial charge in [0.05, 0.1) is 30.3 Å². The number of aryl methyl sites for hydroxylation is 1. The number of carbonyl (C=O) groups excluding carboxylic acids is 1. The van der Waals surface area contributed by atoms with E-state index in [4.69, 9.17) is 21.1 Å². The molecule has 0 radical (unpaired) electrons. The van der Waals surface area contributed by atoms with Crippen LogP contribution in [0.2, 0.25) is 5.02 Å². The molecule has 0 saturated heterocycles. The van der Waals surface area contributed by atoms with Crippen LogP contribution in [0.25, 0.3) is 22.4 Å². The van der Waals surface area contributed by atoms with Crippen LogP contribution in [0.1, 0.15) is 15.9 Å². The lowest BCUT2D eigenvalue weighted by atomic mass is 10.1. The molecule has 1 amide bonds. The van der Waals surface area contributed by atoms with E-state index in [9.17, 15) is 4.79 Å². The zero-order chi connectivity index (χ0) is 21.3. The van der Waals surface area contributed by atoms with Crippen LogP contribution in [0.15, 0.2) is 54.6 Å². The predicted octanol–water partition coefficient (Wildman–Crippen LogP) is 5.46. The molecule has 0 spiro atoms. The molecule has 4 aromatic rings. The van der Waals surface area contributed by atoms with Gasteiger partial charge < -0.3 is 19.8 Å². The number of methoxy groups -OCH3 is 2. The summed E-state index contributed by atoms with van der Waals surface area (Å²) in [4.78, 5) is 20.7. The van der Waals surface area contributed by atoms with Crippen LogP contribution < -0.4 is 14.8 Å². The molecule has 0 aliphatic rings. The van der Waals surface area contributed by atoms with E-state index in [1.165, 1.54) is 14.2 Å². The predicted molar refractivity (Wildman–Crippen MR) is 119 cm³/mol. The van der Waals surface area contributed by atoms with Crippen LogP contribution in [0.4, 0.5) is 5.69 Å². The number of rotatable bonds is 5. The number of benzene rings is 3. The number of carbonyl (C=O) groups is 1. The molecule has 0 saturated carbocycles. The number of nitrogens with one attached hydrogen (secondary N) is 2. The van der Waals surface area contributed by atoms with Crippen LogP contribution in [0, 0.1) is 6.92 Å². The quantitative estimate of drug-likeness (QED) is 0.448. The van der Waals surface area contributed by atoms with Crippen molar-refractivity contribution in [1.82, 2.24) is 9.97 Å². The Hall–Kier alpha value is -3.51. The van der Waals surface area contributed by atoms with E-state index >= 15 is 0 Å². The van der Waals surface area contributed by atoms with Crippen molar-refractivity contribution in [2.45, 2.75) is 6.92 Å². The van der Waals surface area contributed by atoms with E-state index in [2.05, 4.69) is 15.3 Å². The lowest BCUT2D eigenvalue weighted by molar-refractivity contribution is 0.102. The van der Waals surface area contributed by atoms with Crippen molar-refractivity contribution in [3.63, 3.8) is 0 Å². The summed E-state index contributed by atoms with van der Waals surface area (Å²) in [6, 6.07) is 16.3. The minimum Gasteiger partial charge on any atom is -0.497 e. The van der Waals surface area contributed by atoms with E-state index < -0.39 is 0 Å². The zero-order valence-electron chi connectivity index (χ0n) is 16.7. The van der Waals surface area contributed by atoms with Gasteiger partial charge in [-0.15, -0.1) is 0 Å². The molecular formula is C23H20ClN3O3. The van der Waals surface area contributed by atoms with E-state index in [0.29, 0.717) is 39.2 Å². The second kappa shape index (κ2) is 8.08. The summed E-state index contributed by atoms with van der Waals surface area (Å²) in [5.74, 6) is 1.42. The molecule has 0 bridgehead atoms. The van der Waals surface area contributed by atoms with Crippen molar-refractivity contribution in [2.24, 2.45) is 0 Å². The van der Waals surface area contributed by atoms with E-state index in [0.717, 1.165) is 16.6 Å². The molecule has 0 aliphatic carbocycles. The van der Waals surface area contributed by atoms with Gasteiger partial charge >= 0.3 is 0 Å². The Morgan fingerprint density at radius 3 is 2.43 bits per heavy atom. The number of amides is 1. The summed E-state index contributed by atoms with van der Waals surface area (Å²) in [6.07, 6.45) is 0. The SMILES string of the molecule is COc1cc(OC)cc(C(=O)Nc2ccc(Cl)c(-c3nc4ccc(C)cc4[nH]3)c2)c1. The molecule has 4 rings (SSSR count). The van der Waals surface area contributed by atoms with E-state index in [-0.39, 0.29) is 5.91 Å². The number of halogens is 1. The number of aromatic nitrogens is 2. The second-order valence-electron chi connectivity index (χ2n) is 6.86. The number of H-pyrrole nitrogens is 1. The number of fused-ring (bicyclic) bond motifs is 1. The summed E-state index contributed by atoms with van der Waals surface area (Å²) in [5, 5.41) is 3.42. The van der Waals surface area contributed by atoms with Crippen LogP contribution >= 0.6 is 11.6 Å². The minimum absolute atomic E-state index is 0.291. The van der Waals surface area contributed by atoms with Gasteiger partial charge in [-0.25, -0.2) is 4.98 Å². The van der Waals surface area contributed by atoms with Gasteiger partial charge in [0.2, 0.25) is 0 Å². The third kappa shape index (κ3) is 3.95. The third-order valence-corrected chi connectivity index (χ3v) is 5.06. The first-order valence-corrected chi connectivity index (χ1v) is 9.65. The summed E-state index contributed by atoms with van der Waals surface area (Å²) in [6.45, 7) is 2.02. The third-order valence-electron chi connectivity index (χ3n) is 4.73. The molecule has 0 unspecified atom stereocenters. The average Bonchev–Trinajstić information content (AvgIpc) is 3.17. The van der Waals surface area contributed by atoms with Crippen molar-refractivity contribution in [1.29, 1.82) is 0 Å². The van der Waals surface area contributed by atoms with Crippen molar-refractivity contribution in [2.75, 3.05) is 19.5 Å². The van der Waals surface area contributed by atoms with Crippen molar-refractivity contribution in [3.8, 4) is 22.9 Å². The molecule has 3 aromatic carbocycles. The molecule has 1 aromatic heterocycles. The Labute approximate surface area is 178 Å². The van der Waals surface area contributed by atoms with Gasteiger partial charge in [0.1, 0.15) is 17.3 Å². The van der Waals surface area contributed by atoms with Crippen LogP contribution in [-0.4, -0.2) is 30.1 Å². The maximum atomic E-state index is 12.8. The highest BCUT2D eigenvalue weighted by Gasteiger charge is 2.14. The standard InChI is InChI=1S/C23H20ClN3O3/c1-13-4-7-20-21(8-13)27-22(26-20)18-11-15(5-6-19(18)24)25-23(28)14-9-16(29-2)12-17(10-14)30-3/h4-12H,1-3H3,(H,25,28)(H,26,27). The monoisotopic (exact) mass is 421 g/mol. The fourth-order valence-corrected chi connectivity index (χ4v) is 3.38. The van der Waals surface area contributed by atoms with Gasteiger partial charge in [-0.1, -0.05) is 17.7 Å². The van der Waals surface area contributed by atoms with Crippen LogP contribution in [0.3, 0.4) is 0 Å². The normalized spacial score (nSPS) is 10.8. The molecule has 2 N–H and O–H groups in total. The number of aromatic amines is 1. The lowest BCUT2D eigenvalue weighted by Crippen LogP contribution is -2.12. The zero-order valence-corrected chi connectivity index (χ0v) is 17.5. The van der Waals surface area contributed by atoms with Crippen molar-refractivity contribution >= 4 is 34.2 Å². The van der Waals surface area contributed by atoms with Crippen LogP contribution in [0.5, 0.6) is 11.5 Å². The van der Waals surface area contributed by atoms with Crippen molar-refractivity contribution in [3.05, 3.63) is 70.7 Å². The first kappa shape index (κ1) is 19.8.